The maximum Gasteiger partial charge on any atom is 0.270 e. The molecular weight excluding hydrogens is 336 g/mol. The van der Waals surface area contributed by atoms with E-state index in [-0.39, 0.29) is 11.6 Å². The third-order valence-corrected chi connectivity index (χ3v) is 5.78. The van der Waals surface area contributed by atoms with Gasteiger partial charge in [-0.15, -0.1) is 0 Å². The molecule has 0 spiro atoms. The minimum absolute atomic E-state index is 0.00583. The topological polar surface area (TPSA) is 61.4 Å². The van der Waals surface area contributed by atoms with Gasteiger partial charge in [-0.1, -0.05) is 29.5 Å². The second-order valence-corrected chi connectivity index (χ2v) is 7.60. The summed E-state index contributed by atoms with van der Waals surface area (Å²) in [5.74, 6) is 0.811. The molecule has 2 bridgehead atoms. The molecule has 7 heteroatoms. The SMILES string of the molecule is Cn1nccc1C=c1sc2n(c1=O)C1CC(C)(N=2)Oc2ccccc21. The molecule has 4 heterocycles. The van der Waals surface area contributed by atoms with E-state index in [9.17, 15) is 4.79 Å². The van der Waals surface area contributed by atoms with Crippen molar-refractivity contribution >= 4 is 17.4 Å². The Balaban J connectivity index is 1.79. The third-order valence-electron chi connectivity index (χ3n) is 4.80. The van der Waals surface area contributed by atoms with Crippen molar-refractivity contribution < 1.29 is 4.74 Å². The van der Waals surface area contributed by atoms with Crippen LogP contribution in [0.5, 0.6) is 5.75 Å². The highest BCUT2D eigenvalue weighted by molar-refractivity contribution is 7.07. The summed E-state index contributed by atoms with van der Waals surface area (Å²) in [7, 11) is 1.86. The average Bonchev–Trinajstić information content (AvgIpc) is 3.11. The number of benzene rings is 1. The highest BCUT2D eigenvalue weighted by atomic mass is 32.1. The van der Waals surface area contributed by atoms with Crippen LogP contribution in [0, 0.1) is 0 Å². The van der Waals surface area contributed by atoms with E-state index in [0.29, 0.717) is 15.8 Å². The van der Waals surface area contributed by atoms with Gasteiger partial charge in [-0.2, -0.15) is 5.10 Å². The molecule has 5 rings (SSSR count). The zero-order valence-corrected chi connectivity index (χ0v) is 14.7. The summed E-state index contributed by atoms with van der Waals surface area (Å²) in [5.41, 5.74) is 1.30. The van der Waals surface area contributed by atoms with Crippen LogP contribution in [0.25, 0.3) is 6.08 Å². The first-order valence-corrected chi connectivity index (χ1v) is 8.95. The summed E-state index contributed by atoms with van der Waals surface area (Å²) < 4.78 is 10.3. The van der Waals surface area contributed by atoms with Crippen molar-refractivity contribution in [2.24, 2.45) is 12.0 Å². The van der Waals surface area contributed by atoms with Gasteiger partial charge in [0.25, 0.3) is 5.56 Å². The van der Waals surface area contributed by atoms with Crippen molar-refractivity contribution in [1.29, 1.82) is 0 Å². The van der Waals surface area contributed by atoms with Gasteiger partial charge in [0, 0.05) is 25.2 Å². The van der Waals surface area contributed by atoms with E-state index in [0.717, 1.165) is 17.0 Å². The van der Waals surface area contributed by atoms with Crippen molar-refractivity contribution in [3.63, 3.8) is 0 Å². The summed E-state index contributed by atoms with van der Waals surface area (Å²) in [4.78, 5) is 18.5. The van der Waals surface area contributed by atoms with E-state index in [4.69, 9.17) is 9.73 Å². The number of thiazole rings is 1. The van der Waals surface area contributed by atoms with Crippen molar-refractivity contribution in [2.45, 2.75) is 25.1 Å². The highest BCUT2D eigenvalue weighted by Crippen LogP contribution is 2.42. The van der Waals surface area contributed by atoms with E-state index < -0.39 is 5.72 Å². The summed E-state index contributed by atoms with van der Waals surface area (Å²) in [6.07, 6.45) is 4.26. The zero-order valence-electron chi connectivity index (χ0n) is 13.8. The molecule has 2 atom stereocenters. The number of aryl methyl sites for hydroxylation is 1. The first-order chi connectivity index (χ1) is 12.0. The summed E-state index contributed by atoms with van der Waals surface area (Å²) in [6, 6.07) is 9.75. The molecule has 126 valence electrons. The molecule has 0 fully saturated rings. The molecule has 0 radical (unpaired) electrons. The fourth-order valence-corrected chi connectivity index (χ4v) is 4.71. The van der Waals surface area contributed by atoms with Crippen LogP contribution < -0.4 is 19.6 Å². The van der Waals surface area contributed by atoms with Gasteiger partial charge in [-0.25, -0.2) is 4.99 Å². The van der Waals surface area contributed by atoms with Crippen LogP contribution in [0.2, 0.25) is 0 Å². The lowest BCUT2D eigenvalue weighted by atomic mass is 9.93. The summed E-state index contributed by atoms with van der Waals surface area (Å²) >= 11 is 1.41. The van der Waals surface area contributed by atoms with Gasteiger partial charge in [0.2, 0.25) is 5.72 Å². The molecule has 0 N–H and O–H groups in total. The Labute approximate surface area is 147 Å². The molecule has 2 unspecified atom stereocenters. The van der Waals surface area contributed by atoms with Gasteiger partial charge in [-0.05, 0) is 25.1 Å². The Kier molecular flexibility index (Phi) is 2.88. The fraction of sp³-hybridized carbons (Fsp3) is 0.278. The Morgan fingerprint density at radius 1 is 1.36 bits per heavy atom. The molecule has 25 heavy (non-hydrogen) atoms. The zero-order chi connectivity index (χ0) is 17.2. The molecule has 0 saturated carbocycles. The van der Waals surface area contributed by atoms with Crippen molar-refractivity contribution in [3.8, 4) is 5.75 Å². The van der Waals surface area contributed by atoms with Crippen LogP contribution >= 0.6 is 11.3 Å². The van der Waals surface area contributed by atoms with Crippen molar-refractivity contribution in [3.05, 3.63) is 67.5 Å². The lowest BCUT2D eigenvalue weighted by Gasteiger charge is -2.39. The van der Waals surface area contributed by atoms with Crippen LogP contribution in [-0.4, -0.2) is 20.1 Å². The number of hydrogen-bond donors (Lipinski definition) is 0. The molecule has 0 amide bonds. The van der Waals surface area contributed by atoms with Gasteiger partial charge < -0.3 is 4.74 Å². The van der Waals surface area contributed by atoms with Crippen molar-refractivity contribution in [2.75, 3.05) is 0 Å². The molecule has 6 nitrogen and oxygen atoms in total. The Morgan fingerprint density at radius 3 is 3.00 bits per heavy atom. The Morgan fingerprint density at radius 2 is 2.20 bits per heavy atom. The van der Waals surface area contributed by atoms with Crippen LogP contribution in [0.1, 0.15) is 30.6 Å². The fourth-order valence-electron chi connectivity index (χ4n) is 3.60. The van der Waals surface area contributed by atoms with Crippen LogP contribution in [0.4, 0.5) is 0 Å². The molecule has 2 aromatic heterocycles. The first-order valence-electron chi connectivity index (χ1n) is 8.13. The third kappa shape index (κ3) is 2.12. The van der Waals surface area contributed by atoms with Crippen molar-refractivity contribution in [1.82, 2.24) is 14.3 Å². The first kappa shape index (κ1) is 14.7. The molecule has 3 aromatic rings. The number of hydrogen-bond acceptors (Lipinski definition) is 5. The van der Waals surface area contributed by atoms with Crippen LogP contribution in [-0.2, 0) is 7.05 Å². The van der Waals surface area contributed by atoms with E-state index in [1.165, 1.54) is 11.3 Å². The number of ether oxygens (including phenoxy) is 1. The quantitative estimate of drug-likeness (QED) is 0.661. The smallest absolute Gasteiger partial charge is 0.270 e. The molecule has 2 aliphatic rings. The Hall–Kier alpha value is -2.67. The van der Waals surface area contributed by atoms with E-state index >= 15 is 0 Å². The van der Waals surface area contributed by atoms with E-state index in [1.807, 2.05) is 54.9 Å². The number of nitrogens with zero attached hydrogens (tertiary/aromatic N) is 4. The van der Waals surface area contributed by atoms with Gasteiger partial charge in [0.05, 0.1) is 16.3 Å². The monoisotopic (exact) mass is 352 g/mol. The number of para-hydroxylation sites is 1. The Bertz CT molecular complexity index is 1170. The standard InChI is InChI=1S/C18H16N4O2S/c1-18-10-13(12-5-3-4-6-14(12)24-18)22-16(23)15(25-17(22)20-18)9-11-7-8-19-21(11)2/h3-9,13H,10H2,1-2H3. The number of aromatic nitrogens is 3. The molecule has 2 aliphatic heterocycles. The summed E-state index contributed by atoms with van der Waals surface area (Å²) in [5, 5.41) is 4.16. The summed E-state index contributed by atoms with van der Waals surface area (Å²) in [6.45, 7) is 1.98. The molecule has 0 saturated heterocycles. The van der Waals surface area contributed by atoms with Crippen LogP contribution in [0.15, 0.2) is 46.3 Å². The highest BCUT2D eigenvalue weighted by Gasteiger charge is 2.42. The lowest BCUT2D eigenvalue weighted by Crippen LogP contribution is -2.49. The molecular formula is C18H16N4O2S. The number of fused-ring (bicyclic) bond motifs is 6. The van der Waals surface area contributed by atoms with Crippen LogP contribution in [0.3, 0.4) is 0 Å². The van der Waals surface area contributed by atoms with Gasteiger partial charge in [0.1, 0.15) is 5.75 Å². The minimum Gasteiger partial charge on any atom is -0.466 e. The van der Waals surface area contributed by atoms with E-state index in [2.05, 4.69) is 5.10 Å². The predicted octanol–water partition coefficient (Wildman–Crippen LogP) is 1.19. The normalized spacial score (nSPS) is 24.2. The average molecular weight is 352 g/mol. The van der Waals surface area contributed by atoms with E-state index in [1.54, 1.807) is 10.9 Å². The lowest BCUT2D eigenvalue weighted by molar-refractivity contribution is 0.0410. The van der Waals surface area contributed by atoms with Gasteiger partial charge >= 0.3 is 0 Å². The number of rotatable bonds is 1. The predicted molar refractivity (Wildman–Crippen MR) is 94.4 cm³/mol. The second-order valence-electron chi connectivity index (χ2n) is 6.59. The largest absolute Gasteiger partial charge is 0.466 e. The molecule has 0 aliphatic carbocycles. The van der Waals surface area contributed by atoms with Gasteiger partial charge in [-0.3, -0.25) is 14.0 Å². The molecule has 1 aromatic carbocycles. The minimum atomic E-state index is -0.625. The maximum absolute atomic E-state index is 13.1. The van der Waals surface area contributed by atoms with Gasteiger partial charge in [0.15, 0.2) is 4.80 Å². The maximum atomic E-state index is 13.1. The second kappa shape index (κ2) is 4.92.